The fraction of sp³-hybridized carbons (Fsp3) is 0.278. The average Bonchev–Trinajstić information content (AvgIpc) is 3.20. The molecule has 0 aliphatic heterocycles. The summed E-state index contributed by atoms with van der Waals surface area (Å²) in [5.74, 6) is -1.13. The average molecular weight is 376 g/mol. The third-order valence-electron chi connectivity index (χ3n) is 3.56. The van der Waals surface area contributed by atoms with Crippen LogP contribution in [0.3, 0.4) is 0 Å². The monoisotopic (exact) mass is 376 g/mol. The molecule has 2 aromatic rings. The number of hydrogen-bond acceptors (Lipinski definition) is 7. The maximum absolute atomic E-state index is 12.5. The van der Waals surface area contributed by atoms with Crippen LogP contribution in [0.15, 0.2) is 34.9 Å². The number of likely N-dealkylation sites (N-methyl/N-ethyl adjacent to an activating group) is 1. The minimum Gasteiger partial charge on any atom is -0.493 e. The van der Waals surface area contributed by atoms with Crippen LogP contribution in [0.2, 0.25) is 0 Å². The van der Waals surface area contributed by atoms with Gasteiger partial charge in [-0.2, -0.15) is 0 Å². The van der Waals surface area contributed by atoms with E-state index in [0.717, 1.165) is 0 Å². The van der Waals surface area contributed by atoms with Crippen molar-refractivity contribution in [1.29, 1.82) is 0 Å². The summed E-state index contributed by atoms with van der Waals surface area (Å²) in [6.45, 7) is -0.439. The van der Waals surface area contributed by atoms with Crippen LogP contribution in [0.4, 0.5) is 5.69 Å². The molecular formula is C18H20N2O7. The smallest absolute Gasteiger partial charge is 0.340 e. The quantitative estimate of drug-likeness (QED) is 0.734. The zero-order valence-electron chi connectivity index (χ0n) is 15.4. The lowest BCUT2D eigenvalue weighted by Gasteiger charge is -2.15. The number of methoxy groups -OCH3 is 2. The Hall–Kier alpha value is -3.49. The molecule has 0 aliphatic rings. The Morgan fingerprint density at radius 1 is 1.11 bits per heavy atom. The lowest BCUT2D eigenvalue weighted by atomic mass is 10.1. The Morgan fingerprint density at radius 2 is 1.78 bits per heavy atom. The zero-order chi connectivity index (χ0) is 20.0. The van der Waals surface area contributed by atoms with E-state index >= 15 is 0 Å². The van der Waals surface area contributed by atoms with Crippen LogP contribution in [0.1, 0.15) is 20.9 Å². The van der Waals surface area contributed by atoms with Gasteiger partial charge in [0.2, 0.25) is 0 Å². The molecule has 0 radical (unpaired) electrons. The van der Waals surface area contributed by atoms with Crippen molar-refractivity contribution in [3.8, 4) is 11.5 Å². The van der Waals surface area contributed by atoms with Gasteiger partial charge < -0.3 is 28.8 Å². The van der Waals surface area contributed by atoms with Gasteiger partial charge in [-0.25, -0.2) is 4.79 Å². The van der Waals surface area contributed by atoms with Gasteiger partial charge in [-0.15, -0.1) is 0 Å². The number of amides is 2. The number of ether oxygens (including phenoxy) is 3. The highest BCUT2D eigenvalue weighted by atomic mass is 16.5. The minimum absolute atomic E-state index is 0.000822. The van der Waals surface area contributed by atoms with Crippen molar-refractivity contribution in [3.63, 3.8) is 0 Å². The molecule has 9 heteroatoms. The summed E-state index contributed by atoms with van der Waals surface area (Å²) >= 11 is 0. The van der Waals surface area contributed by atoms with Gasteiger partial charge >= 0.3 is 5.97 Å². The third kappa shape index (κ3) is 4.78. The zero-order valence-corrected chi connectivity index (χ0v) is 15.4. The van der Waals surface area contributed by atoms with Crippen LogP contribution in [-0.4, -0.2) is 57.6 Å². The van der Waals surface area contributed by atoms with Crippen molar-refractivity contribution >= 4 is 23.5 Å². The highest BCUT2D eigenvalue weighted by molar-refractivity contribution is 6.07. The molecule has 0 saturated heterocycles. The fourth-order valence-corrected chi connectivity index (χ4v) is 2.08. The Balaban J connectivity index is 2.33. The summed E-state index contributed by atoms with van der Waals surface area (Å²) in [5, 5.41) is 2.57. The van der Waals surface area contributed by atoms with E-state index in [1.165, 1.54) is 43.6 Å². The molecule has 9 nitrogen and oxygen atoms in total. The van der Waals surface area contributed by atoms with Gasteiger partial charge in [0.15, 0.2) is 23.9 Å². The molecule has 27 heavy (non-hydrogen) atoms. The Bertz CT molecular complexity index is 828. The lowest BCUT2D eigenvalue weighted by molar-refractivity contribution is -0.131. The van der Waals surface area contributed by atoms with E-state index in [9.17, 15) is 14.4 Å². The maximum Gasteiger partial charge on any atom is 0.340 e. The fourth-order valence-electron chi connectivity index (χ4n) is 2.08. The molecule has 0 unspecified atom stereocenters. The highest BCUT2D eigenvalue weighted by Crippen LogP contribution is 2.34. The van der Waals surface area contributed by atoms with Crippen molar-refractivity contribution in [2.45, 2.75) is 0 Å². The molecule has 0 saturated carbocycles. The molecule has 144 valence electrons. The highest BCUT2D eigenvalue weighted by Gasteiger charge is 2.22. The summed E-state index contributed by atoms with van der Waals surface area (Å²) < 4.78 is 20.5. The Labute approximate surface area is 155 Å². The number of hydrogen-bond donors (Lipinski definition) is 1. The first-order valence-corrected chi connectivity index (χ1v) is 7.85. The molecule has 0 fully saturated rings. The molecule has 1 aromatic heterocycles. The number of nitrogens with zero attached hydrogens (tertiary/aromatic N) is 1. The standard InChI is InChI=1S/C18H20N2O7/c1-20(2)16(21)10-27-18(23)11-8-14(24-3)15(25-4)9-12(11)19-17(22)13-6-5-7-26-13/h5-9H,10H2,1-4H3,(H,19,22). The molecule has 0 spiro atoms. The first-order chi connectivity index (χ1) is 12.9. The molecule has 1 heterocycles. The first-order valence-electron chi connectivity index (χ1n) is 7.85. The minimum atomic E-state index is -0.805. The molecule has 1 N–H and O–H groups in total. The maximum atomic E-state index is 12.5. The number of benzene rings is 1. The predicted octanol–water partition coefficient (Wildman–Crippen LogP) is 1.79. The van der Waals surface area contributed by atoms with Crippen LogP contribution in [0.25, 0.3) is 0 Å². The van der Waals surface area contributed by atoms with Gasteiger partial charge in [0.1, 0.15) is 0 Å². The molecule has 2 rings (SSSR count). The van der Waals surface area contributed by atoms with E-state index in [-0.39, 0.29) is 28.7 Å². The number of furan rings is 1. The van der Waals surface area contributed by atoms with Gasteiger partial charge in [-0.1, -0.05) is 0 Å². The normalized spacial score (nSPS) is 10.1. The van der Waals surface area contributed by atoms with Gasteiger partial charge in [0.25, 0.3) is 11.8 Å². The summed E-state index contributed by atoms with van der Waals surface area (Å²) in [6.07, 6.45) is 1.35. The Morgan fingerprint density at radius 3 is 2.33 bits per heavy atom. The van der Waals surface area contributed by atoms with Gasteiger partial charge in [0, 0.05) is 26.2 Å². The summed E-state index contributed by atoms with van der Waals surface area (Å²) in [6, 6.07) is 5.82. The van der Waals surface area contributed by atoms with Gasteiger partial charge in [-0.3, -0.25) is 9.59 Å². The van der Waals surface area contributed by atoms with Crippen molar-refractivity contribution < 1.29 is 33.0 Å². The SMILES string of the molecule is COc1cc(NC(=O)c2ccco2)c(C(=O)OCC(=O)N(C)C)cc1OC. The number of anilines is 1. The van der Waals surface area contributed by atoms with Crippen LogP contribution >= 0.6 is 0 Å². The van der Waals surface area contributed by atoms with E-state index < -0.39 is 18.5 Å². The Kier molecular flexibility index (Phi) is 6.42. The van der Waals surface area contributed by atoms with Crippen molar-refractivity contribution in [1.82, 2.24) is 4.90 Å². The van der Waals surface area contributed by atoms with Crippen LogP contribution < -0.4 is 14.8 Å². The van der Waals surface area contributed by atoms with Crippen molar-refractivity contribution in [3.05, 3.63) is 41.9 Å². The molecule has 0 atom stereocenters. The third-order valence-corrected chi connectivity index (χ3v) is 3.56. The van der Waals surface area contributed by atoms with E-state index in [4.69, 9.17) is 18.6 Å². The van der Waals surface area contributed by atoms with E-state index in [0.29, 0.717) is 5.75 Å². The molecule has 1 aromatic carbocycles. The predicted molar refractivity (Wildman–Crippen MR) is 95.2 cm³/mol. The number of carbonyl (C=O) groups excluding carboxylic acids is 3. The number of rotatable bonds is 7. The topological polar surface area (TPSA) is 107 Å². The second-order valence-corrected chi connectivity index (χ2v) is 5.55. The number of nitrogens with one attached hydrogen (secondary N) is 1. The van der Waals surface area contributed by atoms with Crippen molar-refractivity contribution in [2.24, 2.45) is 0 Å². The van der Waals surface area contributed by atoms with Crippen LogP contribution in [0, 0.1) is 0 Å². The lowest BCUT2D eigenvalue weighted by Crippen LogP contribution is -2.27. The van der Waals surface area contributed by atoms with Gasteiger partial charge in [-0.05, 0) is 12.1 Å². The molecule has 0 aliphatic carbocycles. The van der Waals surface area contributed by atoms with E-state index in [1.54, 1.807) is 20.2 Å². The first kappa shape index (κ1) is 19.8. The molecule has 0 bridgehead atoms. The van der Waals surface area contributed by atoms with Crippen LogP contribution in [-0.2, 0) is 9.53 Å². The number of carbonyl (C=O) groups is 3. The van der Waals surface area contributed by atoms with E-state index in [1.807, 2.05) is 0 Å². The summed E-state index contributed by atoms with van der Waals surface area (Å²) in [4.78, 5) is 37.7. The summed E-state index contributed by atoms with van der Waals surface area (Å²) in [7, 11) is 5.91. The summed E-state index contributed by atoms with van der Waals surface area (Å²) in [5.41, 5.74) is 0.121. The molecular weight excluding hydrogens is 356 g/mol. The van der Waals surface area contributed by atoms with Crippen LogP contribution in [0.5, 0.6) is 11.5 Å². The molecule has 2 amide bonds. The number of esters is 1. The van der Waals surface area contributed by atoms with Gasteiger partial charge in [0.05, 0.1) is 31.7 Å². The second-order valence-electron chi connectivity index (χ2n) is 5.55. The second kappa shape index (κ2) is 8.75. The largest absolute Gasteiger partial charge is 0.493 e. The van der Waals surface area contributed by atoms with Crippen molar-refractivity contribution in [2.75, 3.05) is 40.2 Å². The van der Waals surface area contributed by atoms with E-state index in [2.05, 4.69) is 5.32 Å².